The van der Waals surface area contributed by atoms with Crippen LogP contribution in [0.4, 0.5) is 5.69 Å². The van der Waals surface area contributed by atoms with E-state index in [1.54, 1.807) is 0 Å². The molecule has 0 bridgehead atoms. The van der Waals surface area contributed by atoms with Crippen molar-refractivity contribution >= 4 is 27.5 Å². The molecule has 1 aromatic rings. The fourth-order valence-electron chi connectivity index (χ4n) is 1.67. The Morgan fingerprint density at radius 1 is 1.35 bits per heavy atom. The van der Waals surface area contributed by atoms with E-state index >= 15 is 0 Å². The number of hydrogen-bond donors (Lipinski definition) is 1. The third-order valence-electron chi connectivity index (χ3n) is 3.13. The minimum Gasteiger partial charge on any atom is -0.378 e. The SMILES string of the molecule is CN(C)c1ccc(C(=O)NC2(CBr)CC2)cc1. The second-order valence-corrected chi connectivity index (χ2v) is 5.37. The second kappa shape index (κ2) is 4.69. The third-order valence-corrected chi connectivity index (χ3v) is 4.21. The van der Waals surface area contributed by atoms with E-state index in [4.69, 9.17) is 0 Å². The van der Waals surface area contributed by atoms with Crippen LogP contribution < -0.4 is 10.2 Å². The number of halogens is 1. The molecule has 3 nitrogen and oxygen atoms in total. The number of nitrogens with zero attached hydrogens (tertiary/aromatic N) is 1. The number of benzene rings is 1. The van der Waals surface area contributed by atoms with Crippen molar-refractivity contribution < 1.29 is 4.79 Å². The molecule has 0 aliphatic heterocycles. The maximum atomic E-state index is 12.0. The molecule has 1 aliphatic rings. The van der Waals surface area contributed by atoms with Gasteiger partial charge in [0.15, 0.2) is 0 Å². The summed E-state index contributed by atoms with van der Waals surface area (Å²) in [6, 6.07) is 7.66. The fourth-order valence-corrected chi connectivity index (χ4v) is 2.37. The van der Waals surface area contributed by atoms with E-state index in [1.807, 2.05) is 43.3 Å². The number of hydrogen-bond acceptors (Lipinski definition) is 2. The van der Waals surface area contributed by atoms with E-state index < -0.39 is 0 Å². The van der Waals surface area contributed by atoms with Gasteiger partial charge < -0.3 is 10.2 Å². The summed E-state index contributed by atoms with van der Waals surface area (Å²) in [5.41, 5.74) is 1.84. The molecular weight excluding hydrogens is 280 g/mol. The van der Waals surface area contributed by atoms with Gasteiger partial charge in [-0.3, -0.25) is 4.79 Å². The molecule has 1 saturated carbocycles. The van der Waals surface area contributed by atoms with Gasteiger partial charge in [0.05, 0.1) is 5.54 Å². The number of rotatable bonds is 4. The van der Waals surface area contributed by atoms with Crippen LogP contribution in [0.15, 0.2) is 24.3 Å². The molecule has 1 N–H and O–H groups in total. The molecule has 0 heterocycles. The third kappa shape index (κ3) is 2.80. The van der Waals surface area contributed by atoms with Crippen molar-refractivity contribution in [3.63, 3.8) is 0 Å². The Morgan fingerprint density at radius 3 is 2.35 bits per heavy atom. The van der Waals surface area contributed by atoms with Crippen LogP contribution in [0.2, 0.25) is 0 Å². The predicted molar refractivity (Wildman–Crippen MR) is 74.0 cm³/mol. The molecular formula is C13H17BrN2O. The van der Waals surface area contributed by atoms with Gasteiger partial charge in [-0.2, -0.15) is 0 Å². The van der Waals surface area contributed by atoms with Crippen molar-refractivity contribution in [1.82, 2.24) is 5.32 Å². The van der Waals surface area contributed by atoms with Gasteiger partial charge in [0.1, 0.15) is 0 Å². The molecule has 0 aromatic heterocycles. The van der Waals surface area contributed by atoms with Crippen LogP contribution in [0.1, 0.15) is 23.2 Å². The lowest BCUT2D eigenvalue weighted by Crippen LogP contribution is -2.38. The zero-order valence-electron chi connectivity index (χ0n) is 10.2. The molecule has 1 aliphatic carbocycles. The number of alkyl halides is 1. The van der Waals surface area contributed by atoms with Crippen molar-refractivity contribution in [2.75, 3.05) is 24.3 Å². The number of nitrogens with one attached hydrogen (secondary N) is 1. The highest BCUT2D eigenvalue weighted by atomic mass is 79.9. The first-order valence-corrected chi connectivity index (χ1v) is 6.84. The molecule has 0 radical (unpaired) electrons. The molecule has 0 spiro atoms. The highest BCUT2D eigenvalue weighted by molar-refractivity contribution is 9.09. The van der Waals surface area contributed by atoms with Crippen LogP contribution in [0.3, 0.4) is 0 Å². The van der Waals surface area contributed by atoms with Crippen LogP contribution in [-0.4, -0.2) is 30.9 Å². The Bertz CT molecular complexity index is 410. The molecule has 0 saturated heterocycles. The lowest BCUT2D eigenvalue weighted by atomic mass is 10.1. The quantitative estimate of drug-likeness (QED) is 0.866. The molecule has 1 fully saturated rings. The number of carbonyl (C=O) groups is 1. The fraction of sp³-hybridized carbons (Fsp3) is 0.462. The van der Waals surface area contributed by atoms with Crippen molar-refractivity contribution in [1.29, 1.82) is 0 Å². The van der Waals surface area contributed by atoms with Gasteiger partial charge in [-0.15, -0.1) is 0 Å². The maximum Gasteiger partial charge on any atom is 0.251 e. The summed E-state index contributed by atoms with van der Waals surface area (Å²) < 4.78 is 0. The van der Waals surface area contributed by atoms with Gasteiger partial charge in [-0.05, 0) is 37.1 Å². The van der Waals surface area contributed by atoms with E-state index in [9.17, 15) is 4.79 Å². The van der Waals surface area contributed by atoms with Crippen LogP contribution >= 0.6 is 15.9 Å². The number of amides is 1. The van der Waals surface area contributed by atoms with Crippen molar-refractivity contribution in [2.24, 2.45) is 0 Å². The smallest absolute Gasteiger partial charge is 0.251 e. The Hall–Kier alpha value is -1.03. The van der Waals surface area contributed by atoms with Crippen molar-refractivity contribution in [2.45, 2.75) is 18.4 Å². The first kappa shape index (κ1) is 12.4. The van der Waals surface area contributed by atoms with Crippen LogP contribution in [0.25, 0.3) is 0 Å². The number of anilines is 1. The van der Waals surface area contributed by atoms with Gasteiger partial charge in [0.25, 0.3) is 5.91 Å². The van der Waals surface area contributed by atoms with Crippen LogP contribution in [0, 0.1) is 0 Å². The lowest BCUT2D eigenvalue weighted by Gasteiger charge is -2.15. The zero-order chi connectivity index (χ0) is 12.5. The summed E-state index contributed by atoms with van der Waals surface area (Å²) in [4.78, 5) is 14.0. The standard InChI is InChI=1S/C13H17BrN2O/c1-16(2)11-5-3-10(4-6-11)12(17)15-13(9-14)7-8-13/h3-6H,7-9H2,1-2H3,(H,15,17). The Kier molecular flexibility index (Phi) is 3.43. The summed E-state index contributed by atoms with van der Waals surface area (Å²) in [7, 11) is 3.97. The predicted octanol–water partition coefficient (Wildman–Crippen LogP) is 2.41. The summed E-state index contributed by atoms with van der Waals surface area (Å²) in [5, 5.41) is 3.92. The Labute approximate surface area is 110 Å². The van der Waals surface area contributed by atoms with Gasteiger partial charge in [0.2, 0.25) is 0 Å². The van der Waals surface area contributed by atoms with Gasteiger partial charge >= 0.3 is 0 Å². The van der Waals surface area contributed by atoms with E-state index in [2.05, 4.69) is 21.2 Å². The van der Waals surface area contributed by atoms with E-state index in [0.29, 0.717) is 0 Å². The van der Waals surface area contributed by atoms with Crippen molar-refractivity contribution in [3.05, 3.63) is 29.8 Å². The van der Waals surface area contributed by atoms with Crippen LogP contribution in [-0.2, 0) is 0 Å². The molecule has 1 amide bonds. The highest BCUT2D eigenvalue weighted by Gasteiger charge is 2.42. The van der Waals surface area contributed by atoms with E-state index in [-0.39, 0.29) is 11.4 Å². The average Bonchev–Trinajstić information content (AvgIpc) is 3.09. The minimum atomic E-state index is 0.0112. The first-order valence-electron chi connectivity index (χ1n) is 5.72. The summed E-state index contributed by atoms with van der Waals surface area (Å²) >= 11 is 3.44. The summed E-state index contributed by atoms with van der Waals surface area (Å²) in [6.45, 7) is 0. The molecule has 4 heteroatoms. The van der Waals surface area contributed by atoms with Crippen molar-refractivity contribution in [3.8, 4) is 0 Å². The molecule has 0 atom stereocenters. The normalized spacial score (nSPS) is 16.4. The van der Waals surface area contributed by atoms with Crippen LogP contribution in [0.5, 0.6) is 0 Å². The first-order chi connectivity index (χ1) is 8.06. The lowest BCUT2D eigenvalue weighted by molar-refractivity contribution is 0.0936. The van der Waals surface area contributed by atoms with Gasteiger partial charge in [-0.25, -0.2) is 0 Å². The van der Waals surface area contributed by atoms with Gasteiger partial charge in [0, 0.05) is 30.7 Å². The second-order valence-electron chi connectivity index (χ2n) is 4.81. The highest BCUT2D eigenvalue weighted by Crippen LogP contribution is 2.37. The Balaban J connectivity index is 2.04. The maximum absolute atomic E-state index is 12.0. The van der Waals surface area contributed by atoms with E-state index in [0.717, 1.165) is 29.4 Å². The average molecular weight is 297 g/mol. The largest absolute Gasteiger partial charge is 0.378 e. The topological polar surface area (TPSA) is 32.3 Å². The summed E-state index contributed by atoms with van der Waals surface area (Å²) in [5.74, 6) is 0.0206. The molecule has 17 heavy (non-hydrogen) atoms. The minimum absolute atomic E-state index is 0.0112. The number of carbonyl (C=O) groups excluding carboxylic acids is 1. The monoisotopic (exact) mass is 296 g/mol. The molecule has 0 unspecified atom stereocenters. The van der Waals surface area contributed by atoms with E-state index in [1.165, 1.54) is 0 Å². The Morgan fingerprint density at radius 2 is 1.94 bits per heavy atom. The zero-order valence-corrected chi connectivity index (χ0v) is 11.8. The van der Waals surface area contributed by atoms with Gasteiger partial charge in [-0.1, -0.05) is 15.9 Å². The molecule has 2 rings (SSSR count). The summed E-state index contributed by atoms with van der Waals surface area (Å²) in [6.07, 6.45) is 2.14. The molecule has 1 aromatic carbocycles. The molecule has 92 valence electrons.